The lowest BCUT2D eigenvalue weighted by molar-refractivity contribution is -0.121. The minimum atomic E-state index is -0.251. The van der Waals surface area contributed by atoms with Crippen molar-refractivity contribution in [2.75, 3.05) is 6.54 Å². The SMILES string of the molecule is NCCC(=O)NCc1cccc(-c2ccc(F)cc2)c1. The maximum atomic E-state index is 12.9. The number of hydrogen-bond donors (Lipinski definition) is 2. The van der Waals surface area contributed by atoms with Crippen LogP contribution in [0.25, 0.3) is 11.1 Å². The van der Waals surface area contributed by atoms with Crippen LogP contribution in [0.5, 0.6) is 0 Å². The topological polar surface area (TPSA) is 55.1 Å². The molecular weight excluding hydrogens is 255 g/mol. The third-order valence-corrected chi connectivity index (χ3v) is 2.97. The first-order valence-electron chi connectivity index (χ1n) is 6.50. The number of carbonyl (C=O) groups excluding carboxylic acids is 1. The van der Waals surface area contributed by atoms with Gasteiger partial charge in [0.05, 0.1) is 0 Å². The highest BCUT2D eigenvalue weighted by Gasteiger charge is 2.02. The smallest absolute Gasteiger partial charge is 0.221 e. The molecule has 20 heavy (non-hydrogen) atoms. The largest absolute Gasteiger partial charge is 0.352 e. The van der Waals surface area contributed by atoms with Gasteiger partial charge in [-0.25, -0.2) is 4.39 Å². The van der Waals surface area contributed by atoms with Crippen LogP contribution >= 0.6 is 0 Å². The normalized spacial score (nSPS) is 10.3. The fourth-order valence-electron chi connectivity index (χ4n) is 1.92. The minimum absolute atomic E-state index is 0.0558. The van der Waals surface area contributed by atoms with Crippen molar-refractivity contribution in [3.63, 3.8) is 0 Å². The summed E-state index contributed by atoms with van der Waals surface area (Å²) in [6.45, 7) is 0.815. The summed E-state index contributed by atoms with van der Waals surface area (Å²) in [5.41, 5.74) is 8.26. The van der Waals surface area contributed by atoms with Crippen LogP contribution in [0.1, 0.15) is 12.0 Å². The van der Waals surface area contributed by atoms with E-state index in [1.165, 1.54) is 12.1 Å². The first-order chi connectivity index (χ1) is 9.69. The Morgan fingerprint density at radius 3 is 2.55 bits per heavy atom. The van der Waals surface area contributed by atoms with Crippen molar-refractivity contribution in [3.05, 3.63) is 59.9 Å². The van der Waals surface area contributed by atoms with Crippen molar-refractivity contribution in [2.45, 2.75) is 13.0 Å². The number of nitrogens with one attached hydrogen (secondary N) is 1. The van der Waals surface area contributed by atoms with Crippen molar-refractivity contribution in [3.8, 4) is 11.1 Å². The molecule has 2 aromatic carbocycles. The van der Waals surface area contributed by atoms with Gasteiger partial charge in [-0.1, -0.05) is 30.3 Å². The fourth-order valence-corrected chi connectivity index (χ4v) is 1.92. The van der Waals surface area contributed by atoms with Gasteiger partial charge in [0.1, 0.15) is 5.82 Å². The molecule has 0 atom stereocenters. The number of rotatable bonds is 5. The zero-order valence-electron chi connectivity index (χ0n) is 11.1. The second kappa shape index (κ2) is 6.82. The Balaban J connectivity index is 2.08. The van der Waals surface area contributed by atoms with E-state index in [4.69, 9.17) is 5.73 Å². The molecule has 2 rings (SSSR count). The number of nitrogens with two attached hydrogens (primary N) is 1. The Kier molecular flexibility index (Phi) is 4.85. The minimum Gasteiger partial charge on any atom is -0.352 e. The molecule has 0 aromatic heterocycles. The molecule has 0 aliphatic heterocycles. The molecule has 0 aliphatic carbocycles. The van der Waals surface area contributed by atoms with Crippen LogP contribution in [0.15, 0.2) is 48.5 Å². The van der Waals surface area contributed by atoms with Crippen LogP contribution < -0.4 is 11.1 Å². The summed E-state index contributed by atoms with van der Waals surface area (Å²) in [6.07, 6.45) is 0.331. The average molecular weight is 272 g/mol. The monoisotopic (exact) mass is 272 g/mol. The summed E-state index contributed by atoms with van der Waals surface area (Å²) >= 11 is 0. The summed E-state index contributed by atoms with van der Waals surface area (Å²) in [5.74, 6) is -0.307. The second-order valence-corrected chi connectivity index (χ2v) is 4.52. The van der Waals surface area contributed by atoms with E-state index in [1.807, 2.05) is 24.3 Å². The third-order valence-electron chi connectivity index (χ3n) is 2.97. The van der Waals surface area contributed by atoms with Crippen LogP contribution in [0.3, 0.4) is 0 Å². The maximum absolute atomic E-state index is 12.9. The highest BCUT2D eigenvalue weighted by Crippen LogP contribution is 2.20. The van der Waals surface area contributed by atoms with Gasteiger partial charge in [-0.3, -0.25) is 4.79 Å². The Labute approximate surface area is 117 Å². The van der Waals surface area contributed by atoms with Crippen molar-refractivity contribution in [1.29, 1.82) is 0 Å². The molecule has 0 saturated heterocycles. The fraction of sp³-hybridized carbons (Fsp3) is 0.188. The van der Waals surface area contributed by atoms with Crippen molar-refractivity contribution < 1.29 is 9.18 Å². The summed E-state index contributed by atoms with van der Waals surface area (Å²) in [4.78, 5) is 11.4. The number of hydrogen-bond acceptors (Lipinski definition) is 2. The van der Waals surface area contributed by atoms with E-state index in [-0.39, 0.29) is 11.7 Å². The average Bonchev–Trinajstić information content (AvgIpc) is 2.47. The Hall–Kier alpha value is -2.20. The molecule has 104 valence electrons. The summed E-state index contributed by atoms with van der Waals surface area (Å²) < 4.78 is 12.9. The van der Waals surface area contributed by atoms with E-state index in [9.17, 15) is 9.18 Å². The van der Waals surface area contributed by atoms with Crippen LogP contribution in [-0.4, -0.2) is 12.5 Å². The van der Waals surface area contributed by atoms with Crippen LogP contribution in [0.2, 0.25) is 0 Å². The Morgan fingerprint density at radius 1 is 1.10 bits per heavy atom. The molecule has 3 nitrogen and oxygen atoms in total. The molecule has 0 aliphatic rings. The van der Waals surface area contributed by atoms with E-state index in [1.54, 1.807) is 12.1 Å². The predicted octanol–water partition coefficient (Wildman–Crippen LogP) is 2.46. The summed E-state index contributed by atoms with van der Waals surface area (Å²) in [6, 6.07) is 14.1. The van der Waals surface area contributed by atoms with Crippen LogP contribution in [0.4, 0.5) is 4.39 Å². The first-order valence-corrected chi connectivity index (χ1v) is 6.50. The molecule has 0 radical (unpaired) electrons. The lowest BCUT2D eigenvalue weighted by Crippen LogP contribution is -2.24. The lowest BCUT2D eigenvalue weighted by Gasteiger charge is -2.07. The predicted molar refractivity (Wildman–Crippen MR) is 77.4 cm³/mol. The van der Waals surface area contributed by atoms with Crippen molar-refractivity contribution in [1.82, 2.24) is 5.32 Å². The Bertz CT molecular complexity index is 581. The van der Waals surface area contributed by atoms with Gasteiger partial charge in [0.2, 0.25) is 5.91 Å². The summed E-state index contributed by atoms with van der Waals surface area (Å²) in [7, 11) is 0. The standard InChI is InChI=1S/C16H17FN2O/c17-15-6-4-13(5-7-15)14-3-1-2-12(10-14)11-19-16(20)8-9-18/h1-7,10H,8-9,11,18H2,(H,19,20). The number of amides is 1. The molecule has 1 amide bonds. The second-order valence-electron chi connectivity index (χ2n) is 4.52. The molecule has 0 heterocycles. The molecule has 0 fully saturated rings. The Morgan fingerprint density at radius 2 is 1.85 bits per heavy atom. The van der Waals surface area contributed by atoms with Gasteiger partial charge in [-0.05, 0) is 34.9 Å². The molecule has 0 saturated carbocycles. The molecule has 4 heteroatoms. The molecule has 0 unspecified atom stereocenters. The third kappa shape index (κ3) is 3.90. The number of halogens is 1. The van der Waals surface area contributed by atoms with Gasteiger partial charge in [0.25, 0.3) is 0 Å². The maximum Gasteiger partial charge on any atom is 0.221 e. The van der Waals surface area contributed by atoms with E-state index in [0.29, 0.717) is 19.5 Å². The van der Waals surface area contributed by atoms with Gasteiger partial charge >= 0.3 is 0 Å². The lowest BCUT2D eigenvalue weighted by atomic mass is 10.0. The molecule has 0 spiro atoms. The quantitative estimate of drug-likeness (QED) is 0.878. The van der Waals surface area contributed by atoms with E-state index >= 15 is 0 Å². The molecule has 3 N–H and O–H groups in total. The van der Waals surface area contributed by atoms with Gasteiger partial charge in [-0.2, -0.15) is 0 Å². The van der Waals surface area contributed by atoms with Crippen molar-refractivity contribution in [2.24, 2.45) is 5.73 Å². The van der Waals surface area contributed by atoms with Crippen LogP contribution in [-0.2, 0) is 11.3 Å². The van der Waals surface area contributed by atoms with Gasteiger partial charge in [-0.15, -0.1) is 0 Å². The highest BCUT2D eigenvalue weighted by atomic mass is 19.1. The van der Waals surface area contributed by atoms with Crippen LogP contribution in [0, 0.1) is 5.82 Å². The number of carbonyl (C=O) groups is 1. The van der Waals surface area contributed by atoms with Gasteiger partial charge < -0.3 is 11.1 Å². The molecule has 0 bridgehead atoms. The zero-order valence-corrected chi connectivity index (χ0v) is 11.1. The highest BCUT2D eigenvalue weighted by molar-refractivity contribution is 5.76. The molecular formula is C16H17FN2O. The van der Waals surface area contributed by atoms with Gasteiger partial charge in [0, 0.05) is 19.5 Å². The number of benzene rings is 2. The first kappa shape index (κ1) is 14.2. The summed E-state index contributed by atoms with van der Waals surface area (Å²) in [5, 5.41) is 2.81. The van der Waals surface area contributed by atoms with E-state index < -0.39 is 0 Å². The molecule has 2 aromatic rings. The zero-order chi connectivity index (χ0) is 14.4. The van der Waals surface area contributed by atoms with Crippen molar-refractivity contribution >= 4 is 5.91 Å². The van der Waals surface area contributed by atoms with Gasteiger partial charge in [0.15, 0.2) is 0 Å². The van der Waals surface area contributed by atoms with E-state index in [2.05, 4.69) is 5.32 Å². The van der Waals surface area contributed by atoms with E-state index in [0.717, 1.165) is 16.7 Å².